The van der Waals surface area contributed by atoms with E-state index in [9.17, 15) is 14.4 Å². The number of hydrogen-bond acceptors (Lipinski definition) is 6. The van der Waals surface area contributed by atoms with Crippen molar-refractivity contribution in [3.8, 4) is 5.75 Å². The summed E-state index contributed by atoms with van der Waals surface area (Å²) in [5.74, 6) is 0.625. The van der Waals surface area contributed by atoms with Gasteiger partial charge in [-0.15, -0.1) is 0 Å². The first-order chi connectivity index (χ1) is 15.9. The van der Waals surface area contributed by atoms with E-state index in [0.29, 0.717) is 40.6 Å². The molecule has 8 nitrogen and oxygen atoms in total. The van der Waals surface area contributed by atoms with Crippen LogP contribution in [0.2, 0.25) is 0 Å². The first-order valence-corrected chi connectivity index (χ1v) is 11.2. The van der Waals surface area contributed by atoms with Crippen LogP contribution in [-0.4, -0.2) is 41.3 Å². The van der Waals surface area contributed by atoms with Crippen LogP contribution < -0.4 is 10.1 Å². The van der Waals surface area contributed by atoms with E-state index in [2.05, 4.69) is 5.32 Å². The van der Waals surface area contributed by atoms with Crippen LogP contribution in [0.15, 0.2) is 40.8 Å². The summed E-state index contributed by atoms with van der Waals surface area (Å²) in [5.41, 5.74) is 2.34. The van der Waals surface area contributed by atoms with Crippen LogP contribution in [0.25, 0.3) is 11.1 Å². The standard InChI is InChI=1S/C25H23N3O5/c1-32-17-6-4-15-12-28(23(30)18(15)9-17)13-25(11-22(29)27-24(25)31)21-10-19-20(33-21)7-5-16(26-19)8-14-2-3-14/h4-7,9-10,14H,2-3,8,11-13H2,1H3,(H,27,29,31)/t25-/m1/s1. The summed E-state index contributed by atoms with van der Waals surface area (Å²) in [6.45, 7) is 0.389. The van der Waals surface area contributed by atoms with E-state index in [-0.39, 0.29) is 24.8 Å². The average molecular weight is 445 g/mol. The van der Waals surface area contributed by atoms with Crippen molar-refractivity contribution in [2.24, 2.45) is 5.92 Å². The van der Waals surface area contributed by atoms with Crippen LogP contribution in [-0.2, 0) is 28.0 Å². The summed E-state index contributed by atoms with van der Waals surface area (Å²) in [7, 11) is 1.55. The number of aromatic nitrogens is 1. The molecule has 1 atom stereocenters. The number of nitrogens with zero attached hydrogens (tertiary/aromatic N) is 2. The molecule has 33 heavy (non-hydrogen) atoms. The molecule has 6 rings (SSSR count). The molecule has 1 aromatic carbocycles. The molecule has 8 heteroatoms. The number of fused-ring (bicyclic) bond motifs is 2. The minimum absolute atomic E-state index is 0.0369. The van der Waals surface area contributed by atoms with Gasteiger partial charge >= 0.3 is 0 Å². The zero-order valence-corrected chi connectivity index (χ0v) is 18.2. The van der Waals surface area contributed by atoms with Gasteiger partial charge in [-0.05, 0) is 55.0 Å². The molecule has 0 spiro atoms. The lowest BCUT2D eigenvalue weighted by Crippen LogP contribution is -2.46. The second-order valence-corrected chi connectivity index (χ2v) is 9.26. The molecule has 2 aromatic heterocycles. The minimum atomic E-state index is -1.30. The van der Waals surface area contributed by atoms with Crippen molar-refractivity contribution in [2.75, 3.05) is 13.7 Å². The molecule has 0 radical (unpaired) electrons. The Hall–Kier alpha value is -3.68. The Balaban J connectivity index is 1.36. The molecule has 1 aliphatic carbocycles. The third-order valence-corrected chi connectivity index (χ3v) is 6.90. The first kappa shape index (κ1) is 20.0. The SMILES string of the molecule is COc1ccc2c(c1)C(=O)N(C[C@@]1(c3cc4nc(CC5CC5)ccc4o3)CC(=O)NC1=O)C2. The molecule has 2 aliphatic heterocycles. The molecule has 3 amide bonds. The number of rotatable bonds is 6. The van der Waals surface area contributed by atoms with Gasteiger partial charge in [0.05, 0.1) is 13.5 Å². The molecule has 1 N–H and O–H groups in total. The molecule has 3 aromatic rings. The number of nitrogens with one attached hydrogen (secondary N) is 1. The summed E-state index contributed by atoms with van der Waals surface area (Å²) in [6, 6.07) is 10.9. The molecule has 4 heterocycles. The Kier molecular flexibility index (Phi) is 4.33. The fourth-order valence-corrected chi connectivity index (χ4v) is 4.90. The molecular formula is C25H23N3O5. The second kappa shape index (κ2) is 7.16. The van der Waals surface area contributed by atoms with Gasteiger partial charge < -0.3 is 14.1 Å². The highest BCUT2D eigenvalue weighted by atomic mass is 16.5. The highest BCUT2D eigenvalue weighted by Gasteiger charge is 2.53. The van der Waals surface area contributed by atoms with E-state index in [1.165, 1.54) is 12.8 Å². The van der Waals surface area contributed by atoms with E-state index < -0.39 is 11.3 Å². The predicted molar refractivity (Wildman–Crippen MR) is 118 cm³/mol. The number of imide groups is 1. The highest BCUT2D eigenvalue weighted by molar-refractivity contribution is 6.09. The van der Waals surface area contributed by atoms with Crippen LogP contribution in [0.4, 0.5) is 0 Å². The van der Waals surface area contributed by atoms with E-state index in [1.54, 1.807) is 30.2 Å². The van der Waals surface area contributed by atoms with E-state index >= 15 is 0 Å². The van der Waals surface area contributed by atoms with Crippen molar-refractivity contribution in [1.82, 2.24) is 15.2 Å². The number of amides is 3. The number of pyridine rings is 1. The molecule has 0 bridgehead atoms. The summed E-state index contributed by atoms with van der Waals surface area (Å²) < 4.78 is 11.3. The summed E-state index contributed by atoms with van der Waals surface area (Å²) in [5, 5.41) is 2.41. The van der Waals surface area contributed by atoms with Gasteiger partial charge in [-0.3, -0.25) is 19.7 Å². The van der Waals surface area contributed by atoms with Crippen LogP contribution >= 0.6 is 0 Å². The third-order valence-electron chi connectivity index (χ3n) is 6.90. The van der Waals surface area contributed by atoms with Crippen LogP contribution in [0.5, 0.6) is 5.75 Å². The quantitative estimate of drug-likeness (QED) is 0.586. The average Bonchev–Trinajstić information content (AvgIpc) is 3.31. The van der Waals surface area contributed by atoms with Gasteiger partial charge in [0.15, 0.2) is 5.58 Å². The van der Waals surface area contributed by atoms with Crippen molar-refractivity contribution in [3.63, 3.8) is 0 Å². The van der Waals surface area contributed by atoms with Crippen molar-refractivity contribution in [1.29, 1.82) is 0 Å². The maximum Gasteiger partial charge on any atom is 0.254 e. The molecule has 2 fully saturated rings. The van der Waals surface area contributed by atoms with Gasteiger partial charge in [0.25, 0.3) is 5.91 Å². The van der Waals surface area contributed by atoms with Crippen molar-refractivity contribution in [2.45, 2.75) is 37.6 Å². The van der Waals surface area contributed by atoms with Crippen molar-refractivity contribution >= 4 is 28.8 Å². The Bertz CT molecular complexity index is 1320. The molecule has 0 unspecified atom stereocenters. The molecular weight excluding hydrogens is 422 g/mol. The Morgan fingerprint density at radius 2 is 2.03 bits per heavy atom. The van der Waals surface area contributed by atoms with E-state index in [0.717, 1.165) is 17.7 Å². The van der Waals surface area contributed by atoms with Gasteiger partial charge in [0.2, 0.25) is 11.8 Å². The predicted octanol–water partition coefficient (Wildman–Crippen LogP) is 2.73. The third kappa shape index (κ3) is 3.28. The summed E-state index contributed by atoms with van der Waals surface area (Å²) in [6.07, 6.45) is 3.33. The fraction of sp³-hybridized carbons (Fsp3) is 0.360. The second-order valence-electron chi connectivity index (χ2n) is 9.26. The van der Waals surface area contributed by atoms with Gasteiger partial charge in [-0.1, -0.05) is 6.07 Å². The lowest BCUT2D eigenvalue weighted by Gasteiger charge is -2.28. The highest BCUT2D eigenvalue weighted by Crippen LogP contribution is 2.39. The number of hydrogen-bond donors (Lipinski definition) is 1. The number of carbonyl (C=O) groups excluding carboxylic acids is 3. The maximum atomic E-state index is 13.2. The van der Waals surface area contributed by atoms with Gasteiger partial charge in [0.1, 0.15) is 22.4 Å². The number of carbonyl (C=O) groups is 3. The lowest BCUT2D eigenvalue weighted by atomic mass is 9.82. The van der Waals surface area contributed by atoms with Gasteiger partial charge in [-0.25, -0.2) is 4.98 Å². The van der Waals surface area contributed by atoms with Gasteiger partial charge in [0, 0.05) is 30.4 Å². The molecule has 1 saturated carbocycles. The number of furan rings is 1. The monoisotopic (exact) mass is 445 g/mol. The maximum absolute atomic E-state index is 13.2. The zero-order chi connectivity index (χ0) is 22.7. The first-order valence-electron chi connectivity index (χ1n) is 11.2. The lowest BCUT2D eigenvalue weighted by molar-refractivity contribution is -0.126. The van der Waals surface area contributed by atoms with Gasteiger partial charge in [-0.2, -0.15) is 0 Å². The van der Waals surface area contributed by atoms with E-state index in [1.807, 2.05) is 18.2 Å². The largest absolute Gasteiger partial charge is 0.497 e. The number of benzene rings is 1. The molecule has 168 valence electrons. The van der Waals surface area contributed by atoms with Crippen molar-refractivity contribution in [3.05, 3.63) is 59.0 Å². The Morgan fingerprint density at radius 1 is 1.18 bits per heavy atom. The van der Waals surface area contributed by atoms with E-state index in [4.69, 9.17) is 14.1 Å². The van der Waals surface area contributed by atoms with Crippen LogP contribution in [0, 0.1) is 5.92 Å². The minimum Gasteiger partial charge on any atom is -0.497 e. The number of ether oxygens (including phenoxy) is 1. The molecule has 3 aliphatic rings. The fourth-order valence-electron chi connectivity index (χ4n) is 4.90. The molecule has 1 saturated heterocycles. The Labute approximate surface area is 189 Å². The topological polar surface area (TPSA) is 102 Å². The van der Waals surface area contributed by atoms with Crippen molar-refractivity contribution < 1.29 is 23.5 Å². The number of methoxy groups -OCH3 is 1. The van der Waals surface area contributed by atoms with Crippen LogP contribution in [0.3, 0.4) is 0 Å². The Morgan fingerprint density at radius 3 is 2.76 bits per heavy atom. The van der Waals surface area contributed by atoms with Crippen LogP contribution in [0.1, 0.15) is 46.6 Å². The summed E-state index contributed by atoms with van der Waals surface area (Å²) >= 11 is 0. The zero-order valence-electron chi connectivity index (χ0n) is 18.2. The smallest absolute Gasteiger partial charge is 0.254 e. The normalized spacial score (nSPS) is 22.2. The summed E-state index contributed by atoms with van der Waals surface area (Å²) in [4.78, 5) is 44.9.